The molecule has 4 rings (SSSR count). The summed E-state index contributed by atoms with van der Waals surface area (Å²) in [6, 6.07) is 16.5. The van der Waals surface area contributed by atoms with Gasteiger partial charge in [0.2, 0.25) is 11.8 Å². The summed E-state index contributed by atoms with van der Waals surface area (Å²) >= 11 is 0. The van der Waals surface area contributed by atoms with Crippen LogP contribution in [0.2, 0.25) is 0 Å². The molecule has 2 fully saturated rings. The highest BCUT2D eigenvalue weighted by molar-refractivity contribution is 5.86. The van der Waals surface area contributed by atoms with Gasteiger partial charge >= 0.3 is 0 Å². The molecule has 0 unspecified atom stereocenters. The second-order valence-corrected chi connectivity index (χ2v) is 9.76. The van der Waals surface area contributed by atoms with Crippen molar-refractivity contribution in [1.82, 2.24) is 9.80 Å². The van der Waals surface area contributed by atoms with Gasteiger partial charge in [-0.25, -0.2) is 0 Å². The normalized spacial score (nSPS) is 24.7. The average molecular weight is 435 g/mol. The lowest BCUT2D eigenvalue weighted by atomic mass is 9.73. The number of ether oxygens (including phenoxy) is 1. The molecule has 0 aromatic heterocycles. The highest BCUT2D eigenvalue weighted by Crippen LogP contribution is 2.42. The van der Waals surface area contributed by atoms with Gasteiger partial charge < -0.3 is 14.5 Å². The second-order valence-electron chi connectivity index (χ2n) is 9.76. The van der Waals surface area contributed by atoms with Crippen LogP contribution in [0, 0.1) is 17.3 Å². The highest BCUT2D eigenvalue weighted by Gasteiger charge is 2.48. The predicted octanol–water partition coefficient (Wildman–Crippen LogP) is 4.26. The largest absolute Gasteiger partial charge is 0.497 e. The van der Waals surface area contributed by atoms with E-state index in [4.69, 9.17) is 4.74 Å². The summed E-state index contributed by atoms with van der Waals surface area (Å²) in [5.41, 5.74) is 2.83. The minimum Gasteiger partial charge on any atom is -0.497 e. The summed E-state index contributed by atoms with van der Waals surface area (Å²) in [5.74, 6) is 1.84. The van der Waals surface area contributed by atoms with Crippen molar-refractivity contribution in [3.05, 3.63) is 54.1 Å². The van der Waals surface area contributed by atoms with Crippen molar-refractivity contribution in [3.8, 4) is 16.9 Å². The van der Waals surface area contributed by atoms with Crippen molar-refractivity contribution in [3.63, 3.8) is 0 Å². The number of piperidine rings is 1. The van der Waals surface area contributed by atoms with Crippen LogP contribution in [-0.2, 0) is 16.0 Å². The first-order chi connectivity index (χ1) is 15.3. The Labute approximate surface area is 191 Å². The number of hydrogen-bond donors (Lipinski definition) is 0. The fourth-order valence-corrected chi connectivity index (χ4v) is 5.08. The molecule has 3 atom stereocenters. The lowest BCUT2D eigenvalue weighted by Gasteiger charge is -2.43. The fraction of sp³-hybridized carbons (Fsp3) is 0.481. The number of carbonyl (C=O) groups is 2. The molecule has 1 aliphatic carbocycles. The fourth-order valence-electron chi connectivity index (χ4n) is 5.08. The third kappa shape index (κ3) is 4.52. The summed E-state index contributed by atoms with van der Waals surface area (Å²) in [5, 5.41) is 0. The van der Waals surface area contributed by atoms with Crippen molar-refractivity contribution >= 4 is 11.8 Å². The molecule has 1 heterocycles. The van der Waals surface area contributed by atoms with Crippen LogP contribution in [0.5, 0.6) is 5.75 Å². The maximum atomic E-state index is 13.4. The van der Waals surface area contributed by atoms with E-state index < -0.39 is 5.41 Å². The number of amides is 2. The Hall–Kier alpha value is -2.82. The van der Waals surface area contributed by atoms with Gasteiger partial charge in [0.05, 0.1) is 12.5 Å². The van der Waals surface area contributed by atoms with E-state index in [-0.39, 0.29) is 17.7 Å². The van der Waals surface area contributed by atoms with Crippen molar-refractivity contribution in [2.45, 2.75) is 32.6 Å². The topological polar surface area (TPSA) is 49.9 Å². The first kappa shape index (κ1) is 22.4. The predicted molar refractivity (Wildman–Crippen MR) is 126 cm³/mol. The number of benzene rings is 2. The maximum Gasteiger partial charge on any atom is 0.230 e. The molecule has 5 heteroatoms. The van der Waals surface area contributed by atoms with Crippen LogP contribution >= 0.6 is 0 Å². The molecule has 2 amide bonds. The van der Waals surface area contributed by atoms with E-state index >= 15 is 0 Å². The Morgan fingerprint density at radius 2 is 1.66 bits per heavy atom. The summed E-state index contributed by atoms with van der Waals surface area (Å²) in [4.78, 5) is 30.0. The molecule has 2 aromatic rings. The third-order valence-electron chi connectivity index (χ3n) is 7.09. The zero-order valence-corrected chi connectivity index (χ0v) is 19.6. The Morgan fingerprint density at radius 3 is 2.19 bits per heavy atom. The number of nitrogens with zero attached hydrogens (tertiary/aromatic N) is 2. The third-order valence-corrected chi connectivity index (χ3v) is 7.09. The molecule has 2 aliphatic rings. The number of carbonyl (C=O) groups excluding carboxylic acids is 2. The molecule has 2 aromatic carbocycles. The second kappa shape index (κ2) is 8.97. The lowest BCUT2D eigenvalue weighted by Crippen LogP contribution is -2.54. The van der Waals surface area contributed by atoms with Crippen molar-refractivity contribution in [1.29, 1.82) is 0 Å². The monoisotopic (exact) mass is 434 g/mol. The van der Waals surface area contributed by atoms with Gasteiger partial charge in [-0.05, 0) is 60.4 Å². The molecule has 0 spiro atoms. The molecule has 1 saturated heterocycles. The van der Waals surface area contributed by atoms with Gasteiger partial charge in [-0.1, -0.05) is 43.3 Å². The molecule has 1 saturated carbocycles. The zero-order chi connectivity index (χ0) is 22.9. The molecular formula is C27H34N2O3. The van der Waals surface area contributed by atoms with Crippen molar-refractivity contribution < 1.29 is 14.3 Å². The first-order valence-corrected chi connectivity index (χ1v) is 11.6. The van der Waals surface area contributed by atoms with E-state index in [1.165, 1.54) is 0 Å². The minimum atomic E-state index is -0.558. The average Bonchev–Trinajstić information content (AvgIpc) is 3.55. The molecule has 0 bridgehead atoms. The number of methoxy groups -OCH3 is 1. The SMILES string of the molecule is COc1ccc(-c2ccc(C[C@]3(C(=O)N(C)C)CCCN(C(=O)[C@H]4C[C@@H]4C)C3)cc2)cc1. The van der Waals surface area contributed by atoms with E-state index in [1.807, 2.05) is 43.3 Å². The summed E-state index contributed by atoms with van der Waals surface area (Å²) in [7, 11) is 5.31. The number of likely N-dealkylation sites (tertiary alicyclic amines) is 1. The standard InChI is InChI=1S/C27H34N2O3/c1-19-16-24(19)25(30)29-15-5-14-27(18-29,26(31)28(2)3)17-20-6-8-21(9-7-20)22-10-12-23(32-4)13-11-22/h6-13,19,24H,5,14-18H2,1-4H3/t19-,24-,27+/m0/s1. The van der Waals surface area contributed by atoms with Crippen LogP contribution in [-0.4, -0.2) is 55.9 Å². The maximum absolute atomic E-state index is 13.4. The highest BCUT2D eigenvalue weighted by atomic mass is 16.5. The van der Waals surface area contributed by atoms with Crippen molar-refractivity contribution in [2.75, 3.05) is 34.3 Å². The summed E-state index contributed by atoms with van der Waals surface area (Å²) < 4.78 is 5.25. The van der Waals surface area contributed by atoms with Crippen LogP contribution in [0.25, 0.3) is 11.1 Å². The van der Waals surface area contributed by atoms with E-state index in [0.29, 0.717) is 18.9 Å². The Morgan fingerprint density at radius 1 is 1.06 bits per heavy atom. The van der Waals surface area contributed by atoms with Crippen LogP contribution in [0.1, 0.15) is 31.7 Å². The number of rotatable bonds is 6. The first-order valence-electron chi connectivity index (χ1n) is 11.6. The van der Waals surface area contributed by atoms with Gasteiger partial charge in [-0.3, -0.25) is 9.59 Å². The van der Waals surface area contributed by atoms with Crippen LogP contribution in [0.4, 0.5) is 0 Å². The Balaban J connectivity index is 1.54. The summed E-state index contributed by atoms with van der Waals surface area (Å²) in [6.07, 6.45) is 3.32. The Kier molecular flexibility index (Phi) is 6.27. The van der Waals surface area contributed by atoms with E-state index in [9.17, 15) is 9.59 Å². The summed E-state index contributed by atoms with van der Waals surface area (Å²) in [6.45, 7) is 3.42. The molecule has 0 N–H and O–H groups in total. The van der Waals surface area contributed by atoms with Gasteiger partial charge in [0.1, 0.15) is 5.75 Å². The van der Waals surface area contributed by atoms with Gasteiger partial charge in [-0.15, -0.1) is 0 Å². The van der Waals surface area contributed by atoms with Crippen LogP contribution in [0.3, 0.4) is 0 Å². The van der Waals surface area contributed by atoms with Crippen LogP contribution < -0.4 is 4.74 Å². The quantitative estimate of drug-likeness (QED) is 0.683. The van der Waals surface area contributed by atoms with Crippen LogP contribution in [0.15, 0.2) is 48.5 Å². The van der Waals surface area contributed by atoms with Gasteiger partial charge in [0.15, 0.2) is 0 Å². The smallest absolute Gasteiger partial charge is 0.230 e. The molecule has 170 valence electrons. The molecule has 0 radical (unpaired) electrons. The van der Waals surface area contributed by atoms with Gasteiger partial charge in [0, 0.05) is 33.1 Å². The molecule has 5 nitrogen and oxygen atoms in total. The van der Waals surface area contributed by atoms with Gasteiger partial charge in [-0.2, -0.15) is 0 Å². The molecule has 32 heavy (non-hydrogen) atoms. The molecule has 1 aliphatic heterocycles. The van der Waals surface area contributed by atoms with E-state index in [2.05, 4.69) is 31.2 Å². The Bertz CT molecular complexity index is 967. The van der Waals surface area contributed by atoms with Gasteiger partial charge in [0.25, 0.3) is 0 Å². The molecular weight excluding hydrogens is 400 g/mol. The minimum absolute atomic E-state index is 0.123. The zero-order valence-electron chi connectivity index (χ0n) is 19.6. The number of hydrogen-bond acceptors (Lipinski definition) is 3. The lowest BCUT2D eigenvalue weighted by molar-refractivity contribution is -0.147. The van der Waals surface area contributed by atoms with Crippen molar-refractivity contribution in [2.24, 2.45) is 17.3 Å². The van der Waals surface area contributed by atoms with E-state index in [1.54, 1.807) is 12.0 Å². The van der Waals surface area contributed by atoms with E-state index in [0.717, 1.165) is 48.2 Å².